The van der Waals surface area contributed by atoms with Crippen molar-refractivity contribution < 1.29 is 14.3 Å². The SMILES string of the molecule is C[C@]12CC[C@@H](O)CC1CC[C@@H]1[C@@H]2CC[C@]2(C)C(=O)C(F)C[C@@H]12. The van der Waals surface area contributed by atoms with Crippen molar-refractivity contribution in [1.29, 1.82) is 0 Å². The molecule has 0 aromatic rings. The van der Waals surface area contributed by atoms with Crippen LogP contribution in [0.1, 0.15) is 65.2 Å². The van der Waals surface area contributed by atoms with Crippen LogP contribution >= 0.6 is 0 Å². The number of hydrogen-bond acceptors (Lipinski definition) is 2. The molecule has 0 aromatic heterocycles. The van der Waals surface area contributed by atoms with Crippen molar-refractivity contribution in [3.8, 4) is 0 Å². The number of fused-ring (bicyclic) bond motifs is 5. The molecule has 0 bridgehead atoms. The lowest BCUT2D eigenvalue weighted by Gasteiger charge is -2.59. The van der Waals surface area contributed by atoms with Crippen LogP contribution in [0.2, 0.25) is 0 Å². The summed E-state index contributed by atoms with van der Waals surface area (Å²) in [6, 6.07) is 0. The molecule has 0 spiro atoms. The van der Waals surface area contributed by atoms with E-state index < -0.39 is 11.6 Å². The van der Waals surface area contributed by atoms with Crippen molar-refractivity contribution in [3.63, 3.8) is 0 Å². The second-order valence-corrected chi connectivity index (χ2v) is 9.11. The number of carbonyl (C=O) groups is 1. The number of halogens is 1. The highest BCUT2D eigenvalue weighted by Gasteiger charge is 2.62. The standard InChI is InChI=1S/C19H29FO2/c1-18-7-5-12(21)9-11(18)3-4-13-14(18)6-8-19(2)15(13)10-16(20)17(19)22/h11-16,21H,3-10H2,1-2H3/t11?,12-,13-,14+,15+,16?,18+,19+/m1/s1. The Morgan fingerprint density at radius 1 is 1.05 bits per heavy atom. The van der Waals surface area contributed by atoms with Crippen LogP contribution in [0.5, 0.6) is 0 Å². The number of hydrogen-bond donors (Lipinski definition) is 1. The van der Waals surface area contributed by atoms with Crippen LogP contribution in [-0.2, 0) is 4.79 Å². The maximum Gasteiger partial charge on any atom is 0.173 e. The summed E-state index contributed by atoms with van der Waals surface area (Å²) in [6.07, 6.45) is 6.37. The fraction of sp³-hybridized carbons (Fsp3) is 0.947. The van der Waals surface area contributed by atoms with Crippen molar-refractivity contribution in [2.45, 2.75) is 77.5 Å². The van der Waals surface area contributed by atoms with Crippen LogP contribution in [0, 0.1) is 34.5 Å². The number of ketones is 1. The Kier molecular flexibility index (Phi) is 3.28. The summed E-state index contributed by atoms with van der Waals surface area (Å²) in [4.78, 5) is 12.3. The summed E-state index contributed by atoms with van der Waals surface area (Å²) < 4.78 is 14.1. The Balaban J connectivity index is 1.64. The number of aliphatic hydroxyl groups is 1. The molecule has 0 radical (unpaired) electrons. The van der Waals surface area contributed by atoms with E-state index in [1.807, 2.05) is 6.92 Å². The molecule has 124 valence electrons. The quantitative estimate of drug-likeness (QED) is 0.737. The highest BCUT2D eigenvalue weighted by atomic mass is 19.1. The lowest BCUT2D eigenvalue weighted by molar-refractivity contribution is -0.143. The predicted octanol–water partition coefficient (Wildman–Crippen LogP) is 3.91. The van der Waals surface area contributed by atoms with Gasteiger partial charge in [-0.2, -0.15) is 0 Å². The van der Waals surface area contributed by atoms with E-state index in [1.54, 1.807) is 0 Å². The molecule has 0 aromatic carbocycles. The molecule has 0 saturated heterocycles. The van der Waals surface area contributed by atoms with Gasteiger partial charge in [0.1, 0.15) is 0 Å². The molecule has 3 heteroatoms. The van der Waals surface area contributed by atoms with E-state index in [0.717, 1.165) is 44.9 Å². The Hall–Kier alpha value is -0.440. The van der Waals surface area contributed by atoms with Crippen LogP contribution in [0.3, 0.4) is 0 Å². The van der Waals surface area contributed by atoms with E-state index in [4.69, 9.17) is 0 Å². The van der Waals surface area contributed by atoms with Gasteiger partial charge in [-0.15, -0.1) is 0 Å². The third-order valence-corrected chi connectivity index (χ3v) is 8.34. The van der Waals surface area contributed by atoms with Gasteiger partial charge in [-0.3, -0.25) is 4.79 Å². The molecule has 2 unspecified atom stereocenters. The number of aliphatic hydroxyl groups excluding tert-OH is 1. The molecule has 4 fully saturated rings. The highest BCUT2D eigenvalue weighted by molar-refractivity contribution is 5.91. The van der Waals surface area contributed by atoms with Gasteiger partial charge in [0.15, 0.2) is 12.0 Å². The van der Waals surface area contributed by atoms with Crippen LogP contribution in [-0.4, -0.2) is 23.2 Å². The molecule has 4 rings (SSSR count). The molecule has 4 aliphatic rings. The maximum absolute atomic E-state index is 14.1. The van der Waals surface area contributed by atoms with E-state index in [0.29, 0.717) is 29.6 Å². The fourth-order valence-electron chi connectivity index (χ4n) is 6.98. The van der Waals surface area contributed by atoms with E-state index in [-0.39, 0.29) is 17.8 Å². The summed E-state index contributed by atoms with van der Waals surface area (Å²) in [5, 5.41) is 10.0. The molecule has 22 heavy (non-hydrogen) atoms. The Morgan fingerprint density at radius 2 is 1.82 bits per heavy atom. The molecule has 0 aliphatic heterocycles. The van der Waals surface area contributed by atoms with E-state index in [2.05, 4.69) is 6.92 Å². The van der Waals surface area contributed by atoms with Crippen molar-refractivity contribution in [2.24, 2.45) is 34.5 Å². The first kappa shape index (κ1) is 15.1. The second kappa shape index (κ2) is 4.78. The van der Waals surface area contributed by atoms with Crippen LogP contribution in [0.4, 0.5) is 4.39 Å². The van der Waals surface area contributed by atoms with Gasteiger partial charge in [-0.1, -0.05) is 13.8 Å². The molecular formula is C19H29FO2. The summed E-state index contributed by atoms with van der Waals surface area (Å²) >= 11 is 0. The predicted molar refractivity (Wildman–Crippen MR) is 83.0 cm³/mol. The summed E-state index contributed by atoms with van der Waals surface area (Å²) in [6.45, 7) is 4.46. The Labute approximate surface area is 132 Å². The van der Waals surface area contributed by atoms with E-state index >= 15 is 0 Å². The first-order valence-corrected chi connectivity index (χ1v) is 9.23. The van der Waals surface area contributed by atoms with Crippen molar-refractivity contribution in [3.05, 3.63) is 0 Å². The lowest BCUT2D eigenvalue weighted by atomic mass is 9.45. The largest absolute Gasteiger partial charge is 0.393 e. The van der Waals surface area contributed by atoms with Gasteiger partial charge < -0.3 is 5.11 Å². The number of alkyl halides is 1. The average Bonchev–Trinajstić information content (AvgIpc) is 2.72. The second-order valence-electron chi connectivity index (χ2n) is 9.11. The third kappa shape index (κ3) is 1.84. The highest BCUT2D eigenvalue weighted by Crippen LogP contribution is 2.65. The monoisotopic (exact) mass is 308 g/mol. The van der Waals surface area contributed by atoms with Gasteiger partial charge in [-0.05, 0) is 80.5 Å². The first-order chi connectivity index (χ1) is 10.4. The zero-order valence-corrected chi connectivity index (χ0v) is 13.9. The van der Waals surface area contributed by atoms with E-state index in [9.17, 15) is 14.3 Å². The topological polar surface area (TPSA) is 37.3 Å². The van der Waals surface area contributed by atoms with Crippen LogP contribution in [0.25, 0.3) is 0 Å². The van der Waals surface area contributed by atoms with Gasteiger partial charge in [0.25, 0.3) is 0 Å². The molecule has 0 amide bonds. The molecule has 0 heterocycles. The van der Waals surface area contributed by atoms with Gasteiger partial charge in [0.2, 0.25) is 0 Å². The molecule has 1 N–H and O–H groups in total. The third-order valence-electron chi connectivity index (χ3n) is 8.34. The van der Waals surface area contributed by atoms with Crippen LogP contribution in [0.15, 0.2) is 0 Å². The number of rotatable bonds is 0. The zero-order chi connectivity index (χ0) is 15.7. The minimum atomic E-state index is -1.22. The Bertz CT molecular complexity index is 492. The summed E-state index contributed by atoms with van der Waals surface area (Å²) in [5.41, 5.74) is -0.0844. The van der Waals surface area contributed by atoms with Gasteiger partial charge in [-0.25, -0.2) is 4.39 Å². The molecule has 2 nitrogen and oxygen atoms in total. The average molecular weight is 308 g/mol. The smallest absolute Gasteiger partial charge is 0.173 e. The molecule has 8 atom stereocenters. The molecular weight excluding hydrogens is 279 g/mol. The van der Waals surface area contributed by atoms with Crippen molar-refractivity contribution in [1.82, 2.24) is 0 Å². The summed E-state index contributed by atoms with van der Waals surface area (Å²) in [5.74, 6) is 1.94. The van der Waals surface area contributed by atoms with Crippen LogP contribution < -0.4 is 0 Å². The Morgan fingerprint density at radius 3 is 2.59 bits per heavy atom. The number of Topliss-reactive ketones (excluding diaryl/α,β-unsaturated/α-hetero) is 1. The first-order valence-electron chi connectivity index (χ1n) is 9.23. The van der Waals surface area contributed by atoms with Crippen molar-refractivity contribution in [2.75, 3.05) is 0 Å². The summed E-state index contributed by atoms with van der Waals surface area (Å²) in [7, 11) is 0. The zero-order valence-electron chi connectivity index (χ0n) is 13.9. The van der Waals surface area contributed by atoms with Gasteiger partial charge in [0.05, 0.1) is 6.10 Å². The van der Waals surface area contributed by atoms with Gasteiger partial charge >= 0.3 is 0 Å². The normalized spacial score (nSPS) is 57.9. The minimum Gasteiger partial charge on any atom is -0.393 e. The van der Waals surface area contributed by atoms with Crippen molar-refractivity contribution >= 4 is 5.78 Å². The molecule has 4 saturated carbocycles. The van der Waals surface area contributed by atoms with E-state index in [1.165, 1.54) is 0 Å². The fourth-order valence-corrected chi connectivity index (χ4v) is 6.98. The minimum absolute atomic E-state index is 0.109. The maximum atomic E-state index is 14.1. The lowest BCUT2D eigenvalue weighted by Crippen LogP contribution is -2.54. The molecule has 4 aliphatic carbocycles. The number of carbonyl (C=O) groups excluding carboxylic acids is 1. The van der Waals surface area contributed by atoms with Gasteiger partial charge in [0, 0.05) is 5.41 Å².